The standard InChI is InChI=1S/C15H21NO5S/c1-15(2,3)21-12-8-11(9-12)16-22(19,20)13-6-4-10(5-7-13)14(17)18/h4-7,11-12,16H,8-9H2,1-3H3,(H,17,18). The van der Waals surface area contributed by atoms with Crippen LogP contribution in [0.25, 0.3) is 0 Å². The Morgan fingerprint density at radius 3 is 2.23 bits per heavy atom. The molecule has 0 aromatic heterocycles. The summed E-state index contributed by atoms with van der Waals surface area (Å²) >= 11 is 0. The van der Waals surface area contributed by atoms with Crippen molar-refractivity contribution in [3.05, 3.63) is 29.8 Å². The molecule has 2 N–H and O–H groups in total. The molecule has 1 aromatic rings. The van der Waals surface area contributed by atoms with E-state index in [2.05, 4.69) is 4.72 Å². The minimum Gasteiger partial charge on any atom is -0.478 e. The molecule has 0 unspecified atom stereocenters. The molecule has 1 aliphatic rings. The van der Waals surface area contributed by atoms with Gasteiger partial charge in [-0.15, -0.1) is 0 Å². The molecule has 122 valence electrons. The molecule has 0 bridgehead atoms. The van der Waals surface area contributed by atoms with Crippen molar-refractivity contribution in [3.8, 4) is 0 Å². The Balaban J connectivity index is 1.94. The fourth-order valence-electron chi connectivity index (χ4n) is 2.32. The summed E-state index contributed by atoms with van der Waals surface area (Å²) in [5.74, 6) is -1.09. The number of hydrogen-bond donors (Lipinski definition) is 2. The van der Waals surface area contributed by atoms with E-state index in [1.165, 1.54) is 24.3 Å². The minimum absolute atomic E-state index is 0.0567. The first-order chi connectivity index (χ1) is 10.1. The maximum Gasteiger partial charge on any atom is 0.335 e. The van der Waals surface area contributed by atoms with Gasteiger partial charge in [-0.1, -0.05) is 0 Å². The third kappa shape index (κ3) is 4.28. The first-order valence-corrected chi connectivity index (χ1v) is 8.59. The number of sulfonamides is 1. The Labute approximate surface area is 130 Å². The average Bonchev–Trinajstić information content (AvgIpc) is 2.34. The van der Waals surface area contributed by atoms with E-state index >= 15 is 0 Å². The highest BCUT2D eigenvalue weighted by atomic mass is 32.2. The molecule has 0 atom stereocenters. The van der Waals surface area contributed by atoms with E-state index in [-0.39, 0.29) is 28.2 Å². The van der Waals surface area contributed by atoms with Gasteiger partial charge in [0.15, 0.2) is 0 Å². The van der Waals surface area contributed by atoms with Crippen molar-refractivity contribution in [2.75, 3.05) is 0 Å². The fourth-order valence-corrected chi connectivity index (χ4v) is 3.58. The predicted octanol–water partition coefficient (Wildman–Crippen LogP) is 2.01. The number of carbonyl (C=O) groups is 1. The summed E-state index contributed by atoms with van der Waals surface area (Å²) in [6.45, 7) is 5.90. The van der Waals surface area contributed by atoms with Crippen molar-refractivity contribution in [1.82, 2.24) is 4.72 Å². The monoisotopic (exact) mass is 327 g/mol. The van der Waals surface area contributed by atoms with Crippen molar-refractivity contribution >= 4 is 16.0 Å². The van der Waals surface area contributed by atoms with E-state index in [1.54, 1.807) is 0 Å². The lowest BCUT2D eigenvalue weighted by molar-refractivity contribution is -0.0995. The Kier molecular flexibility index (Phi) is 4.60. The van der Waals surface area contributed by atoms with Crippen molar-refractivity contribution in [2.24, 2.45) is 0 Å². The summed E-state index contributed by atoms with van der Waals surface area (Å²) in [5, 5.41) is 8.81. The molecule has 1 saturated carbocycles. The van der Waals surface area contributed by atoms with Crippen LogP contribution in [-0.2, 0) is 14.8 Å². The topological polar surface area (TPSA) is 92.7 Å². The number of carboxylic acid groups (broad SMARTS) is 1. The van der Waals surface area contributed by atoms with E-state index in [4.69, 9.17) is 9.84 Å². The third-order valence-corrected chi connectivity index (χ3v) is 4.88. The second-order valence-electron chi connectivity index (χ2n) is 6.47. The van der Waals surface area contributed by atoms with Crippen molar-refractivity contribution in [3.63, 3.8) is 0 Å². The van der Waals surface area contributed by atoms with E-state index in [9.17, 15) is 13.2 Å². The number of carboxylic acids is 1. The highest BCUT2D eigenvalue weighted by Gasteiger charge is 2.35. The van der Waals surface area contributed by atoms with Crippen LogP contribution in [0.3, 0.4) is 0 Å². The lowest BCUT2D eigenvalue weighted by Crippen LogP contribution is -2.49. The smallest absolute Gasteiger partial charge is 0.335 e. The Morgan fingerprint density at radius 2 is 1.77 bits per heavy atom. The summed E-state index contributed by atoms with van der Waals surface area (Å²) < 4.78 is 32.8. The highest BCUT2D eigenvalue weighted by Crippen LogP contribution is 2.28. The van der Waals surface area contributed by atoms with Gasteiger partial charge < -0.3 is 9.84 Å². The summed E-state index contributed by atoms with van der Waals surface area (Å²) in [6.07, 6.45) is 1.36. The van der Waals surface area contributed by atoms with Crippen LogP contribution in [0.5, 0.6) is 0 Å². The Hall–Kier alpha value is -1.44. The summed E-state index contributed by atoms with van der Waals surface area (Å²) in [4.78, 5) is 10.8. The molecular weight excluding hydrogens is 306 g/mol. The van der Waals surface area contributed by atoms with E-state index in [0.29, 0.717) is 12.8 Å². The zero-order valence-electron chi connectivity index (χ0n) is 12.9. The molecule has 0 radical (unpaired) electrons. The Morgan fingerprint density at radius 1 is 1.23 bits per heavy atom. The van der Waals surface area contributed by atoms with Gasteiger partial charge in [-0.3, -0.25) is 0 Å². The summed E-state index contributed by atoms with van der Waals surface area (Å²) in [7, 11) is -3.63. The first-order valence-electron chi connectivity index (χ1n) is 7.10. The van der Waals surface area contributed by atoms with E-state index < -0.39 is 16.0 Å². The molecule has 0 amide bonds. The molecule has 0 spiro atoms. The van der Waals surface area contributed by atoms with Crippen molar-refractivity contribution in [2.45, 2.75) is 56.3 Å². The molecule has 7 heteroatoms. The molecule has 2 rings (SSSR count). The molecular formula is C15H21NO5S. The van der Waals surface area contributed by atoms with Gasteiger partial charge in [0.05, 0.1) is 22.2 Å². The zero-order chi connectivity index (χ0) is 16.5. The number of nitrogens with one attached hydrogen (secondary N) is 1. The molecule has 1 fully saturated rings. The molecule has 22 heavy (non-hydrogen) atoms. The second-order valence-corrected chi connectivity index (χ2v) is 8.19. The zero-order valence-corrected chi connectivity index (χ0v) is 13.7. The minimum atomic E-state index is -3.63. The molecule has 6 nitrogen and oxygen atoms in total. The van der Waals surface area contributed by atoms with Gasteiger partial charge in [-0.05, 0) is 57.9 Å². The third-order valence-electron chi connectivity index (χ3n) is 3.35. The van der Waals surface area contributed by atoms with Crippen LogP contribution in [0, 0.1) is 0 Å². The van der Waals surface area contributed by atoms with Gasteiger partial charge in [0, 0.05) is 6.04 Å². The lowest BCUT2D eigenvalue weighted by Gasteiger charge is -2.39. The Bertz CT molecular complexity index is 640. The number of aromatic carboxylic acids is 1. The first kappa shape index (κ1) is 16.9. The van der Waals surface area contributed by atoms with Crippen LogP contribution < -0.4 is 4.72 Å². The molecule has 1 aromatic carbocycles. The van der Waals surface area contributed by atoms with Gasteiger partial charge in [0.1, 0.15) is 0 Å². The van der Waals surface area contributed by atoms with Gasteiger partial charge in [-0.25, -0.2) is 17.9 Å². The number of hydrogen-bond acceptors (Lipinski definition) is 4. The van der Waals surface area contributed by atoms with Crippen LogP contribution in [0.4, 0.5) is 0 Å². The van der Waals surface area contributed by atoms with Crippen molar-refractivity contribution < 1.29 is 23.1 Å². The number of rotatable bonds is 5. The van der Waals surface area contributed by atoms with Crippen LogP contribution in [0.15, 0.2) is 29.2 Å². The SMILES string of the molecule is CC(C)(C)OC1CC(NS(=O)(=O)c2ccc(C(=O)O)cc2)C1. The van der Waals surface area contributed by atoms with Gasteiger partial charge >= 0.3 is 5.97 Å². The van der Waals surface area contributed by atoms with E-state index in [1.807, 2.05) is 20.8 Å². The average molecular weight is 327 g/mol. The van der Waals surface area contributed by atoms with Crippen LogP contribution in [0.2, 0.25) is 0 Å². The van der Waals surface area contributed by atoms with Crippen LogP contribution >= 0.6 is 0 Å². The second kappa shape index (κ2) is 5.98. The summed E-state index contributed by atoms with van der Waals surface area (Å²) in [5.41, 5.74) is -0.178. The van der Waals surface area contributed by atoms with Crippen molar-refractivity contribution in [1.29, 1.82) is 0 Å². The quantitative estimate of drug-likeness (QED) is 0.863. The van der Waals surface area contributed by atoms with Crippen LogP contribution in [0.1, 0.15) is 44.0 Å². The maximum atomic E-state index is 12.2. The van der Waals surface area contributed by atoms with Crippen LogP contribution in [-0.4, -0.2) is 37.2 Å². The number of ether oxygens (including phenoxy) is 1. The normalized spacial score (nSPS) is 22.1. The van der Waals surface area contributed by atoms with Gasteiger partial charge in [-0.2, -0.15) is 0 Å². The van der Waals surface area contributed by atoms with Gasteiger partial charge in [0.2, 0.25) is 10.0 Å². The largest absolute Gasteiger partial charge is 0.478 e. The maximum absolute atomic E-state index is 12.2. The van der Waals surface area contributed by atoms with E-state index in [0.717, 1.165) is 0 Å². The molecule has 0 saturated heterocycles. The number of benzene rings is 1. The fraction of sp³-hybridized carbons (Fsp3) is 0.533. The predicted molar refractivity (Wildman–Crippen MR) is 81.4 cm³/mol. The lowest BCUT2D eigenvalue weighted by atomic mass is 9.89. The van der Waals surface area contributed by atoms with Gasteiger partial charge in [0.25, 0.3) is 0 Å². The molecule has 1 aliphatic carbocycles. The molecule has 0 aliphatic heterocycles. The highest BCUT2D eigenvalue weighted by molar-refractivity contribution is 7.89. The molecule has 0 heterocycles. The summed E-state index contributed by atoms with van der Waals surface area (Å²) in [6, 6.07) is 5.02.